The maximum absolute atomic E-state index is 14.2. The zero-order chi connectivity index (χ0) is 25.9. The second-order valence-corrected chi connectivity index (χ2v) is 11.1. The lowest BCUT2D eigenvalue weighted by Gasteiger charge is -2.31. The molecule has 1 aliphatic heterocycles. The Bertz CT molecular complexity index is 1310. The summed E-state index contributed by atoms with van der Waals surface area (Å²) in [6, 6.07) is 21.5. The zero-order valence-corrected chi connectivity index (χ0v) is 22.5. The number of thiazole rings is 1. The van der Waals surface area contributed by atoms with Crippen molar-refractivity contribution in [2.75, 3.05) is 18.4 Å². The molecule has 1 aliphatic rings. The minimum Gasteiger partial charge on any atom is -0.302 e. The fourth-order valence-corrected chi connectivity index (χ4v) is 5.87. The standard InChI is InChI=1S/C30H29ClFN3OS/c1-19-6-10-21(11-7-19)27-28(22-12-8-20(2)9-13-22)37-30(33-27)34-29(36)23-14-16-35(17-15-23)18-24-25(31)4-3-5-26(24)32/h3-13,23H,14-18H2,1-2H3,(H,33,34,36). The number of nitrogens with one attached hydrogen (secondary N) is 1. The highest BCUT2D eigenvalue weighted by Crippen LogP contribution is 2.39. The molecule has 0 aliphatic carbocycles. The Morgan fingerprint density at radius 2 is 1.62 bits per heavy atom. The summed E-state index contributed by atoms with van der Waals surface area (Å²) < 4.78 is 14.2. The number of hydrogen-bond acceptors (Lipinski definition) is 4. The number of carbonyl (C=O) groups excluding carboxylic acids is 1. The Morgan fingerprint density at radius 3 is 2.24 bits per heavy atom. The number of aromatic nitrogens is 1. The third kappa shape index (κ3) is 5.93. The van der Waals surface area contributed by atoms with Crippen molar-refractivity contribution in [2.24, 2.45) is 5.92 Å². The average molecular weight is 534 g/mol. The number of nitrogens with zero attached hydrogens (tertiary/aromatic N) is 2. The van der Waals surface area contributed by atoms with Gasteiger partial charge >= 0.3 is 0 Å². The van der Waals surface area contributed by atoms with Gasteiger partial charge < -0.3 is 5.32 Å². The van der Waals surface area contributed by atoms with Crippen molar-refractivity contribution in [3.63, 3.8) is 0 Å². The fraction of sp³-hybridized carbons (Fsp3) is 0.267. The van der Waals surface area contributed by atoms with Crippen LogP contribution in [0, 0.1) is 25.6 Å². The number of piperidine rings is 1. The van der Waals surface area contributed by atoms with E-state index in [4.69, 9.17) is 16.6 Å². The van der Waals surface area contributed by atoms with Gasteiger partial charge in [-0.2, -0.15) is 0 Å². The molecule has 5 rings (SSSR count). The van der Waals surface area contributed by atoms with Gasteiger partial charge in [0.25, 0.3) is 0 Å². The minimum absolute atomic E-state index is 0.0109. The second-order valence-electron chi connectivity index (χ2n) is 9.67. The number of benzene rings is 3. The smallest absolute Gasteiger partial charge is 0.229 e. The Morgan fingerprint density at radius 1 is 1.00 bits per heavy atom. The van der Waals surface area contributed by atoms with Crippen LogP contribution in [0.25, 0.3) is 21.7 Å². The maximum atomic E-state index is 14.2. The fourth-order valence-electron chi connectivity index (χ4n) is 4.65. The molecule has 1 N–H and O–H groups in total. The highest BCUT2D eigenvalue weighted by atomic mass is 35.5. The summed E-state index contributed by atoms with van der Waals surface area (Å²) in [5, 5.41) is 4.14. The molecule has 4 aromatic rings. The van der Waals surface area contributed by atoms with E-state index in [2.05, 4.69) is 72.6 Å². The van der Waals surface area contributed by atoms with Crippen LogP contribution in [0.1, 0.15) is 29.5 Å². The van der Waals surface area contributed by atoms with Gasteiger partial charge in [-0.3, -0.25) is 9.69 Å². The Labute approximate surface area is 226 Å². The van der Waals surface area contributed by atoms with Crippen LogP contribution in [0.2, 0.25) is 5.02 Å². The van der Waals surface area contributed by atoms with Gasteiger partial charge in [-0.05, 0) is 57.5 Å². The molecular formula is C30H29ClFN3OS. The number of halogens is 2. The van der Waals surface area contributed by atoms with E-state index in [1.807, 2.05) is 0 Å². The normalized spacial score (nSPS) is 14.6. The predicted octanol–water partition coefficient (Wildman–Crippen LogP) is 7.74. The number of likely N-dealkylation sites (tertiary alicyclic amines) is 1. The summed E-state index contributed by atoms with van der Waals surface area (Å²) in [6.07, 6.45) is 1.41. The largest absolute Gasteiger partial charge is 0.302 e. The summed E-state index contributed by atoms with van der Waals surface area (Å²) in [6.45, 7) is 6.01. The first-order chi connectivity index (χ1) is 17.9. The lowest BCUT2D eigenvalue weighted by molar-refractivity contribution is -0.121. The van der Waals surface area contributed by atoms with Crippen LogP contribution in [0.15, 0.2) is 66.7 Å². The molecule has 0 spiro atoms. The third-order valence-electron chi connectivity index (χ3n) is 6.90. The van der Waals surface area contributed by atoms with E-state index < -0.39 is 0 Å². The molecule has 37 heavy (non-hydrogen) atoms. The molecule has 3 aromatic carbocycles. The van der Waals surface area contributed by atoms with Crippen molar-refractivity contribution < 1.29 is 9.18 Å². The van der Waals surface area contributed by atoms with Crippen LogP contribution >= 0.6 is 22.9 Å². The average Bonchev–Trinajstić information content (AvgIpc) is 3.31. The predicted molar refractivity (Wildman–Crippen MR) is 151 cm³/mol. The van der Waals surface area contributed by atoms with Crippen LogP contribution in [0.5, 0.6) is 0 Å². The van der Waals surface area contributed by atoms with Crippen LogP contribution in [-0.4, -0.2) is 28.9 Å². The number of rotatable bonds is 6. The molecule has 0 bridgehead atoms. The highest BCUT2D eigenvalue weighted by molar-refractivity contribution is 7.19. The molecule has 0 unspecified atom stereocenters. The number of amides is 1. The van der Waals surface area contributed by atoms with E-state index in [0.29, 0.717) is 48.2 Å². The molecule has 1 amide bonds. The summed E-state index contributed by atoms with van der Waals surface area (Å²) >= 11 is 7.71. The van der Waals surface area contributed by atoms with Gasteiger partial charge in [-0.15, -0.1) is 0 Å². The van der Waals surface area contributed by atoms with Crippen molar-refractivity contribution >= 4 is 34.0 Å². The molecule has 0 saturated carbocycles. The van der Waals surface area contributed by atoms with E-state index in [9.17, 15) is 9.18 Å². The first kappa shape index (κ1) is 25.6. The maximum Gasteiger partial charge on any atom is 0.229 e. The number of carbonyl (C=O) groups is 1. The topological polar surface area (TPSA) is 45.2 Å². The summed E-state index contributed by atoms with van der Waals surface area (Å²) in [7, 11) is 0. The van der Waals surface area contributed by atoms with Crippen LogP contribution in [0.4, 0.5) is 9.52 Å². The van der Waals surface area contributed by atoms with E-state index in [-0.39, 0.29) is 17.6 Å². The third-order valence-corrected chi connectivity index (χ3v) is 8.27. The molecule has 190 valence electrons. The summed E-state index contributed by atoms with van der Waals surface area (Å²) in [4.78, 5) is 21.2. The molecule has 2 heterocycles. The molecule has 0 radical (unpaired) electrons. The molecule has 1 fully saturated rings. The van der Waals surface area contributed by atoms with E-state index >= 15 is 0 Å². The van der Waals surface area contributed by atoms with Gasteiger partial charge in [0.05, 0.1) is 10.6 Å². The quantitative estimate of drug-likeness (QED) is 0.276. The number of hydrogen-bond donors (Lipinski definition) is 1. The first-order valence-corrected chi connectivity index (χ1v) is 13.7. The molecule has 1 aromatic heterocycles. The van der Waals surface area contributed by atoms with Gasteiger partial charge in [0.15, 0.2) is 5.13 Å². The van der Waals surface area contributed by atoms with Crippen molar-refractivity contribution in [1.29, 1.82) is 0 Å². The van der Waals surface area contributed by atoms with Crippen molar-refractivity contribution in [3.8, 4) is 21.7 Å². The van der Waals surface area contributed by atoms with Crippen LogP contribution < -0.4 is 5.32 Å². The first-order valence-electron chi connectivity index (χ1n) is 12.5. The van der Waals surface area contributed by atoms with Gasteiger partial charge in [-0.25, -0.2) is 9.37 Å². The second kappa shape index (κ2) is 11.1. The SMILES string of the molecule is Cc1ccc(-c2nc(NC(=O)C3CCN(Cc4c(F)cccc4Cl)CC3)sc2-c2ccc(C)cc2)cc1. The van der Waals surface area contributed by atoms with Crippen molar-refractivity contribution in [1.82, 2.24) is 9.88 Å². The molecule has 0 atom stereocenters. The van der Waals surface area contributed by atoms with E-state index in [0.717, 1.165) is 21.7 Å². The molecule has 4 nitrogen and oxygen atoms in total. The number of aryl methyl sites for hydroxylation is 2. The lowest BCUT2D eigenvalue weighted by atomic mass is 9.95. The van der Waals surface area contributed by atoms with Crippen LogP contribution in [-0.2, 0) is 11.3 Å². The molecular weight excluding hydrogens is 505 g/mol. The van der Waals surface area contributed by atoms with Crippen molar-refractivity contribution in [2.45, 2.75) is 33.2 Å². The number of anilines is 1. The monoisotopic (exact) mass is 533 g/mol. The Kier molecular flexibility index (Phi) is 7.70. The van der Waals surface area contributed by atoms with Crippen LogP contribution in [0.3, 0.4) is 0 Å². The van der Waals surface area contributed by atoms with Gasteiger partial charge in [-0.1, -0.05) is 88.7 Å². The van der Waals surface area contributed by atoms with E-state index in [1.54, 1.807) is 12.1 Å². The molecule has 1 saturated heterocycles. The van der Waals surface area contributed by atoms with E-state index in [1.165, 1.54) is 28.5 Å². The summed E-state index contributed by atoms with van der Waals surface area (Å²) in [5.74, 6) is -0.407. The Hall–Kier alpha value is -3.06. The highest BCUT2D eigenvalue weighted by Gasteiger charge is 2.27. The summed E-state index contributed by atoms with van der Waals surface area (Å²) in [5.41, 5.74) is 5.88. The van der Waals surface area contributed by atoms with Gasteiger partial charge in [0.1, 0.15) is 5.82 Å². The van der Waals surface area contributed by atoms with Gasteiger partial charge in [0.2, 0.25) is 5.91 Å². The lowest BCUT2D eigenvalue weighted by Crippen LogP contribution is -2.38. The Balaban J connectivity index is 1.29. The zero-order valence-electron chi connectivity index (χ0n) is 20.9. The van der Waals surface area contributed by atoms with Crippen molar-refractivity contribution in [3.05, 3.63) is 94.3 Å². The molecule has 7 heteroatoms. The minimum atomic E-state index is -0.287. The van der Waals surface area contributed by atoms with Gasteiger partial charge in [0, 0.05) is 28.6 Å².